The summed E-state index contributed by atoms with van der Waals surface area (Å²) in [6, 6.07) is 5.71. The molecule has 1 heterocycles. The maximum absolute atomic E-state index is 11.7. The third-order valence-electron chi connectivity index (χ3n) is 3.75. The van der Waals surface area contributed by atoms with E-state index in [-0.39, 0.29) is 6.04 Å². The van der Waals surface area contributed by atoms with Gasteiger partial charge in [0.25, 0.3) is 10.2 Å². The van der Waals surface area contributed by atoms with Crippen molar-refractivity contribution in [3.05, 3.63) is 23.8 Å². The molecule has 0 spiro atoms. The lowest BCUT2D eigenvalue weighted by atomic mass is 10.2. The Kier molecular flexibility index (Phi) is 6.23. The van der Waals surface area contributed by atoms with Gasteiger partial charge in [-0.15, -0.1) is 0 Å². The number of likely N-dealkylation sites (tertiary alicyclic amines) is 1. The van der Waals surface area contributed by atoms with Crippen LogP contribution in [0.15, 0.2) is 18.2 Å². The summed E-state index contributed by atoms with van der Waals surface area (Å²) in [5, 5.41) is 0. The van der Waals surface area contributed by atoms with Crippen LogP contribution in [0.3, 0.4) is 0 Å². The molecule has 0 aliphatic carbocycles. The molecule has 0 aromatic heterocycles. The first-order valence-electron chi connectivity index (χ1n) is 7.67. The molecular weight excluding hydrogens is 318 g/mol. The lowest BCUT2D eigenvalue weighted by Crippen LogP contribution is -2.43. The highest BCUT2D eigenvalue weighted by molar-refractivity contribution is 7.87. The van der Waals surface area contributed by atoms with Crippen molar-refractivity contribution in [2.75, 3.05) is 33.9 Å². The molecule has 1 aromatic carbocycles. The zero-order chi connectivity index (χ0) is 16.9. The summed E-state index contributed by atoms with van der Waals surface area (Å²) in [5.41, 5.74) is 1.08. The third kappa shape index (κ3) is 5.35. The molecule has 0 saturated carbocycles. The summed E-state index contributed by atoms with van der Waals surface area (Å²) in [7, 11) is -0.149. The first-order valence-corrected chi connectivity index (χ1v) is 9.15. The van der Waals surface area contributed by atoms with Crippen molar-refractivity contribution in [2.24, 2.45) is 0 Å². The van der Waals surface area contributed by atoms with E-state index in [1.807, 2.05) is 18.2 Å². The van der Waals surface area contributed by atoms with Crippen LogP contribution >= 0.6 is 0 Å². The monoisotopic (exact) mass is 343 g/mol. The minimum Gasteiger partial charge on any atom is -0.497 e. The fraction of sp³-hybridized carbons (Fsp3) is 0.600. The number of hydrogen-bond acceptors (Lipinski definition) is 5. The first-order chi connectivity index (χ1) is 11.0. The van der Waals surface area contributed by atoms with E-state index < -0.39 is 10.2 Å². The van der Waals surface area contributed by atoms with Gasteiger partial charge in [0.15, 0.2) is 0 Å². The lowest BCUT2D eigenvalue weighted by molar-refractivity contribution is 0.322. The molecule has 2 rings (SSSR count). The van der Waals surface area contributed by atoms with Crippen LogP contribution < -0.4 is 18.9 Å². The quantitative estimate of drug-likeness (QED) is 0.727. The Labute approximate surface area is 138 Å². The van der Waals surface area contributed by atoms with E-state index in [9.17, 15) is 8.42 Å². The largest absolute Gasteiger partial charge is 0.497 e. The summed E-state index contributed by atoms with van der Waals surface area (Å²) in [4.78, 5) is 2.22. The second kappa shape index (κ2) is 7.96. The highest BCUT2D eigenvalue weighted by atomic mass is 32.2. The van der Waals surface area contributed by atoms with Crippen molar-refractivity contribution in [1.29, 1.82) is 0 Å². The van der Waals surface area contributed by atoms with Crippen molar-refractivity contribution < 1.29 is 17.9 Å². The van der Waals surface area contributed by atoms with E-state index in [4.69, 9.17) is 9.47 Å². The topological polar surface area (TPSA) is 79.9 Å². The highest BCUT2D eigenvalue weighted by Crippen LogP contribution is 2.24. The predicted molar refractivity (Wildman–Crippen MR) is 89.0 cm³/mol. The number of methoxy groups -OCH3 is 2. The Morgan fingerprint density at radius 3 is 2.43 bits per heavy atom. The van der Waals surface area contributed by atoms with Crippen LogP contribution in [0.1, 0.15) is 18.9 Å². The average molecular weight is 343 g/mol. The van der Waals surface area contributed by atoms with Gasteiger partial charge in [0.1, 0.15) is 11.5 Å². The fourth-order valence-corrected chi connectivity index (χ4v) is 3.83. The fourth-order valence-electron chi connectivity index (χ4n) is 2.74. The number of rotatable bonds is 8. The average Bonchev–Trinajstić information content (AvgIpc) is 2.92. The van der Waals surface area contributed by atoms with Gasteiger partial charge in [0, 0.05) is 38.3 Å². The maximum atomic E-state index is 11.7. The van der Waals surface area contributed by atoms with Crippen LogP contribution in [0, 0.1) is 0 Å². The molecule has 1 saturated heterocycles. The Hall–Kier alpha value is -1.35. The number of nitrogens with one attached hydrogen (secondary N) is 2. The lowest BCUT2D eigenvalue weighted by Gasteiger charge is -2.18. The summed E-state index contributed by atoms with van der Waals surface area (Å²) in [5.74, 6) is 1.51. The van der Waals surface area contributed by atoms with Crippen LogP contribution in [-0.2, 0) is 16.8 Å². The van der Waals surface area contributed by atoms with Crippen LogP contribution in [0.4, 0.5) is 0 Å². The zero-order valence-corrected chi connectivity index (χ0v) is 14.6. The zero-order valence-electron chi connectivity index (χ0n) is 13.8. The van der Waals surface area contributed by atoms with E-state index in [1.54, 1.807) is 21.1 Å². The van der Waals surface area contributed by atoms with Gasteiger partial charge < -0.3 is 9.47 Å². The molecule has 0 radical (unpaired) electrons. The van der Waals surface area contributed by atoms with Gasteiger partial charge in [0.05, 0.1) is 14.2 Å². The highest BCUT2D eigenvalue weighted by Gasteiger charge is 2.26. The molecule has 1 aliphatic rings. The Morgan fingerprint density at radius 2 is 1.87 bits per heavy atom. The number of hydrogen-bond donors (Lipinski definition) is 2. The third-order valence-corrected chi connectivity index (χ3v) is 5.06. The maximum Gasteiger partial charge on any atom is 0.277 e. The molecular formula is C15H25N3O4S. The summed E-state index contributed by atoms with van der Waals surface area (Å²) in [6.45, 7) is 4.40. The van der Waals surface area contributed by atoms with Crippen LogP contribution in [0.5, 0.6) is 11.5 Å². The van der Waals surface area contributed by atoms with Crippen LogP contribution in [-0.4, -0.2) is 53.2 Å². The summed E-state index contributed by atoms with van der Waals surface area (Å²) < 4.78 is 39.2. The van der Waals surface area contributed by atoms with Gasteiger partial charge in [-0.3, -0.25) is 4.90 Å². The van der Waals surface area contributed by atoms with Crippen LogP contribution in [0.25, 0.3) is 0 Å². The standard InChI is InChI=1S/C15H25N3O4S/c1-4-16-23(19,20)17-13-5-6-18(11-13)10-12-7-14(21-2)9-15(8-12)22-3/h7-9,13,16-17H,4-6,10-11H2,1-3H3/t13-/m0/s1. The number of benzene rings is 1. The molecule has 0 bridgehead atoms. The molecule has 0 amide bonds. The minimum atomic E-state index is -3.40. The van der Waals surface area contributed by atoms with E-state index in [1.165, 1.54) is 0 Å². The second-order valence-corrected chi connectivity index (χ2v) is 7.09. The van der Waals surface area contributed by atoms with Crippen molar-refractivity contribution >= 4 is 10.2 Å². The summed E-state index contributed by atoms with van der Waals surface area (Å²) in [6.07, 6.45) is 0.797. The van der Waals surface area contributed by atoms with E-state index in [0.29, 0.717) is 13.1 Å². The molecule has 8 heteroatoms. The molecule has 1 fully saturated rings. The number of ether oxygens (including phenoxy) is 2. The SMILES string of the molecule is CCNS(=O)(=O)N[C@H]1CCN(Cc2cc(OC)cc(OC)c2)C1. The second-order valence-electron chi connectivity index (χ2n) is 5.56. The van der Waals surface area contributed by atoms with Crippen molar-refractivity contribution in [3.63, 3.8) is 0 Å². The van der Waals surface area contributed by atoms with E-state index in [0.717, 1.165) is 36.6 Å². The molecule has 7 nitrogen and oxygen atoms in total. The predicted octanol–water partition coefficient (Wildman–Crippen LogP) is 0.722. The van der Waals surface area contributed by atoms with Crippen LogP contribution in [0.2, 0.25) is 0 Å². The molecule has 1 aromatic rings. The van der Waals surface area contributed by atoms with Gasteiger partial charge in [0.2, 0.25) is 0 Å². The van der Waals surface area contributed by atoms with Gasteiger partial charge in [-0.1, -0.05) is 6.92 Å². The molecule has 0 unspecified atom stereocenters. The van der Waals surface area contributed by atoms with Gasteiger partial charge >= 0.3 is 0 Å². The van der Waals surface area contributed by atoms with E-state index in [2.05, 4.69) is 14.3 Å². The minimum absolute atomic E-state index is 0.0634. The van der Waals surface area contributed by atoms with Crippen molar-refractivity contribution in [1.82, 2.24) is 14.3 Å². The Morgan fingerprint density at radius 1 is 1.22 bits per heavy atom. The van der Waals surface area contributed by atoms with Gasteiger partial charge in [-0.2, -0.15) is 13.1 Å². The molecule has 23 heavy (non-hydrogen) atoms. The van der Waals surface area contributed by atoms with Gasteiger partial charge in [-0.05, 0) is 24.1 Å². The van der Waals surface area contributed by atoms with E-state index >= 15 is 0 Å². The Bertz CT molecular complexity index is 599. The Balaban J connectivity index is 1.95. The van der Waals surface area contributed by atoms with Crippen molar-refractivity contribution in [2.45, 2.75) is 25.9 Å². The normalized spacial score (nSPS) is 19.0. The smallest absolute Gasteiger partial charge is 0.277 e. The molecule has 1 aliphatic heterocycles. The number of nitrogens with zero attached hydrogens (tertiary/aromatic N) is 1. The molecule has 2 N–H and O–H groups in total. The summed E-state index contributed by atoms with van der Waals surface area (Å²) >= 11 is 0. The molecule has 1 atom stereocenters. The van der Waals surface area contributed by atoms with Crippen molar-refractivity contribution in [3.8, 4) is 11.5 Å². The first kappa shape index (κ1) is 18.0. The molecule has 130 valence electrons. The van der Waals surface area contributed by atoms with Gasteiger partial charge in [-0.25, -0.2) is 4.72 Å².